The summed E-state index contributed by atoms with van der Waals surface area (Å²) in [7, 11) is 0. The van der Waals surface area contributed by atoms with E-state index in [0.717, 1.165) is 44.5 Å². The zero-order chi connectivity index (χ0) is 22.2. The van der Waals surface area contributed by atoms with Gasteiger partial charge in [-0.2, -0.15) is 0 Å². The fourth-order valence-corrected chi connectivity index (χ4v) is 4.54. The van der Waals surface area contributed by atoms with Crippen molar-refractivity contribution in [2.24, 2.45) is 0 Å². The monoisotopic (exact) mass is 422 g/mol. The molecule has 5 aromatic carbocycles. The number of aryl methyl sites for hydroxylation is 1. The van der Waals surface area contributed by atoms with Crippen LogP contribution in [-0.4, -0.2) is 9.97 Å². The molecule has 0 saturated carbocycles. The van der Waals surface area contributed by atoms with Crippen LogP contribution in [0.2, 0.25) is 0 Å². The van der Waals surface area contributed by atoms with Crippen LogP contribution in [0.15, 0.2) is 115 Å². The van der Waals surface area contributed by atoms with Crippen molar-refractivity contribution in [2.75, 3.05) is 0 Å². The average Bonchev–Trinajstić information content (AvgIpc) is 2.89. The van der Waals surface area contributed by atoms with Crippen molar-refractivity contribution in [3.63, 3.8) is 0 Å². The van der Waals surface area contributed by atoms with E-state index in [9.17, 15) is 0 Å². The first-order chi connectivity index (χ1) is 16.3. The minimum absolute atomic E-state index is 0.929. The topological polar surface area (TPSA) is 25.8 Å². The van der Waals surface area contributed by atoms with Crippen molar-refractivity contribution in [3.05, 3.63) is 121 Å². The molecule has 0 N–H and O–H groups in total. The van der Waals surface area contributed by atoms with Gasteiger partial charge in [-0.05, 0) is 41.1 Å². The Balaban J connectivity index is 1.66. The maximum absolute atomic E-state index is 5.21. The summed E-state index contributed by atoms with van der Waals surface area (Å²) in [5.74, 6) is 0. The summed E-state index contributed by atoms with van der Waals surface area (Å²) >= 11 is 0. The van der Waals surface area contributed by atoms with E-state index in [-0.39, 0.29) is 0 Å². The normalized spacial score (nSPS) is 11.2. The van der Waals surface area contributed by atoms with Crippen LogP contribution in [0.3, 0.4) is 0 Å². The van der Waals surface area contributed by atoms with E-state index in [1.807, 2.05) is 31.2 Å². The summed E-state index contributed by atoms with van der Waals surface area (Å²) in [5.41, 5.74) is 9.48. The maximum Gasteiger partial charge on any atom is 0.0979 e. The van der Waals surface area contributed by atoms with Gasteiger partial charge in [0.1, 0.15) is 0 Å². The Hall–Kier alpha value is -4.30. The van der Waals surface area contributed by atoms with E-state index in [1.54, 1.807) is 0 Å². The lowest BCUT2D eigenvalue weighted by molar-refractivity contribution is 1.19. The predicted octanol–water partition coefficient (Wildman–Crippen LogP) is 8.09. The third-order valence-electron chi connectivity index (χ3n) is 6.17. The molecular weight excluding hydrogens is 400 g/mol. The summed E-state index contributed by atoms with van der Waals surface area (Å²) in [5, 5.41) is 2.30. The predicted molar refractivity (Wildman–Crippen MR) is 138 cm³/mol. The van der Waals surface area contributed by atoms with Gasteiger partial charge in [0, 0.05) is 16.5 Å². The molecule has 2 heteroatoms. The number of fused-ring (bicyclic) bond motifs is 3. The highest BCUT2D eigenvalue weighted by Crippen LogP contribution is 2.36. The number of rotatable bonds is 3. The molecule has 0 radical (unpaired) electrons. The van der Waals surface area contributed by atoms with E-state index in [2.05, 4.69) is 91.0 Å². The van der Waals surface area contributed by atoms with Crippen molar-refractivity contribution in [1.29, 1.82) is 0 Å². The lowest BCUT2D eigenvalue weighted by atomic mass is 9.95. The Bertz CT molecular complexity index is 1600. The van der Waals surface area contributed by atoms with Gasteiger partial charge in [-0.3, -0.25) is 0 Å². The van der Waals surface area contributed by atoms with Crippen molar-refractivity contribution in [1.82, 2.24) is 9.97 Å². The smallest absolute Gasteiger partial charge is 0.0979 e. The van der Waals surface area contributed by atoms with Crippen molar-refractivity contribution in [3.8, 4) is 33.5 Å². The van der Waals surface area contributed by atoms with Gasteiger partial charge in [-0.15, -0.1) is 0 Å². The van der Waals surface area contributed by atoms with Gasteiger partial charge in [0.05, 0.1) is 22.4 Å². The molecule has 0 aliphatic carbocycles. The molecule has 0 atom stereocenters. The van der Waals surface area contributed by atoms with E-state index in [4.69, 9.17) is 9.97 Å². The number of benzene rings is 5. The highest BCUT2D eigenvalue weighted by Gasteiger charge is 2.15. The number of hydrogen-bond donors (Lipinski definition) is 0. The molecule has 0 spiro atoms. The summed E-state index contributed by atoms with van der Waals surface area (Å²) < 4.78 is 0. The number of aromatic nitrogens is 2. The van der Waals surface area contributed by atoms with Crippen molar-refractivity contribution >= 4 is 21.8 Å². The van der Waals surface area contributed by atoms with E-state index < -0.39 is 0 Å². The lowest BCUT2D eigenvalue weighted by Crippen LogP contribution is -1.97. The Morgan fingerprint density at radius 2 is 1.12 bits per heavy atom. The minimum atomic E-state index is 0.929. The molecule has 6 aromatic rings. The van der Waals surface area contributed by atoms with Gasteiger partial charge in [0.2, 0.25) is 0 Å². The van der Waals surface area contributed by atoms with Crippen LogP contribution < -0.4 is 0 Å². The van der Waals surface area contributed by atoms with Crippen LogP contribution >= 0.6 is 0 Å². The third kappa shape index (κ3) is 3.46. The van der Waals surface area contributed by atoms with E-state index >= 15 is 0 Å². The van der Waals surface area contributed by atoms with E-state index in [0.29, 0.717) is 0 Å². The van der Waals surface area contributed by atoms with Crippen molar-refractivity contribution < 1.29 is 0 Å². The Morgan fingerprint density at radius 1 is 0.485 bits per heavy atom. The standard InChI is InChI=1S/C31H22N2/c1-21-29(23-13-6-3-7-14-23)33-31-28(20-26-15-8-9-18-27(26)30(31)32-21)25-17-10-16-24(19-25)22-11-4-2-5-12-22/h2-20H,1H3. The first-order valence-corrected chi connectivity index (χ1v) is 11.2. The summed E-state index contributed by atoms with van der Waals surface area (Å²) in [6.07, 6.45) is 0. The molecule has 0 aliphatic heterocycles. The molecule has 0 saturated heterocycles. The number of nitrogens with zero attached hydrogens (tertiary/aromatic N) is 2. The van der Waals surface area contributed by atoms with Gasteiger partial charge >= 0.3 is 0 Å². The van der Waals surface area contributed by atoms with Crippen LogP contribution in [0.25, 0.3) is 55.3 Å². The Kier molecular flexibility index (Phi) is 4.70. The third-order valence-corrected chi connectivity index (χ3v) is 6.17. The molecule has 0 amide bonds. The zero-order valence-electron chi connectivity index (χ0n) is 18.4. The molecule has 6 rings (SSSR count). The second-order valence-electron chi connectivity index (χ2n) is 8.31. The molecule has 156 valence electrons. The van der Waals surface area contributed by atoms with Crippen molar-refractivity contribution in [2.45, 2.75) is 6.92 Å². The Labute approximate surface area is 193 Å². The minimum Gasteiger partial charge on any atom is -0.249 e. The van der Waals surface area contributed by atoms with Gasteiger partial charge < -0.3 is 0 Å². The van der Waals surface area contributed by atoms with E-state index in [1.165, 1.54) is 16.5 Å². The van der Waals surface area contributed by atoms with Crippen LogP contribution in [0.1, 0.15) is 5.69 Å². The maximum atomic E-state index is 5.21. The largest absolute Gasteiger partial charge is 0.249 e. The van der Waals surface area contributed by atoms with Crippen LogP contribution in [0.5, 0.6) is 0 Å². The fraction of sp³-hybridized carbons (Fsp3) is 0.0323. The second kappa shape index (κ2) is 7.99. The quantitative estimate of drug-likeness (QED) is 0.269. The van der Waals surface area contributed by atoms with Gasteiger partial charge in [-0.1, -0.05) is 103 Å². The Morgan fingerprint density at radius 3 is 1.91 bits per heavy atom. The van der Waals surface area contributed by atoms with Gasteiger partial charge in [-0.25, -0.2) is 9.97 Å². The molecule has 0 fully saturated rings. The molecule has 1 aromatic heterocycles. The first-order valence-electron chi connectivity index (χ1n) is 11.2. The number of hydrogen-bond acceptors (Lipinski definition) is 2. The van der Waals surface area contributed by atoms with Crippen LogP contribution in [0.4, 0.5) is 0 Å². The highest BCUT2D eigenvalue weighted by molar-refractivity contribution is 6.11. The summed E-state index contributed by atoms with van der Waals surface area (Å²) in [6.45, 7) is 2.05. The second-order valence-corrected chi connectivity index (χ2v) is 8.31. The SMILES string of the molecule is Cc1nc2c(nc1-c1ccccc1)c(-c1cccc(-c3ccccc3)c1)cc1ccccc12. The molecule has 1 heterocycles. The van der Waals surface area contributed by atoms with Gasteiger partial charge in [0.25, 0.3) is 0 Å². The van der Waals surface area contributed by atoms with Crippen LogP contribution in [0, 0.1) is 6.92 Å². The average molecular weight is 423 g/mol. The summed E-state index contributed by atoms with van der Waals surface area (Å²) in [6, 6.07) is 40.2. The lowest BCUT2D eigenvalue weighted by Gasteiger charge is -2.14. The molecule has 33 heavy (non-hydrogen) atoms. The molecule has 0 bridgehead atoms. The fourth-order valence-electron chi connectivity index (χ4n) is 4.54. The van der Waals surface area contributed by atoms with Crippen LogP contribution in [-0.2, 0) is 0 Å². The molecule has 2 nitrogen and oxygen atoms in total. The summed E-state index contributed by atoms with van der Waals surface area (Å²) in [4.78, 5) is 10.3. The highest BCUT2D eigenvalue weighted by atomic mass is 14.8. The molecule has 0 unspecified atom stereocenters. The van der Waals surface area contributed by atoms with Gasteiger partial charge in [0.15, 0.2) is 0 Å². The molecule has 0 aliphatic rings. The first kappa shape index (κ1) is 19.4. The zero-order valence-corrected chi connectivity index (χ0v) is 18.4. The molecular formula is C31H22N2.